The van der Waals surface area contributed by atoms with Crippen molar-refractivity contribution in [2.45, 2.75) is 10.9 Å². The molecule has 6 nitrogen and oxygen atoms in total. The van der Waals surface area contributed by atoms with Crippen LogP contribution in [0.15, 0.2) is 44.7 Å². The van der Waals surface area contributed by atoms with Crippen molar-refractivity contribution in [3.05, 3.63) is 40.9 Å². The average molecular weight is 361 g/mol. The van der Waals surface area contributed by atoms with Crippen molar-refractivity contribution in [1.82, 2.24) is 24.9 Å². The molecule has 0 saturated heterocycles. The van der Waals surface area contributed by atoms with E-state index in [2.05, 4.69) is 20.3 Å². The quantitative estimate of drug-likeness (QED) is 0.501. The van der Waals surface area contributed by atoms with E-state index < -0.39 is 0 Å². The van der Waals surface area contributed by atoms with Crippen molar-refractivity contribution >= 4 is 34.4 Å². The minimum absolute atomic E-state index is 0.564. The van der Waals surface area contributed by atoms with Gasteiger partial charge in [0.1, 0.15) is 0 Å². The van der Waals surface area contributed by atoms with Crippen molar-refractivity contribution in [1.29, 1.82) is 0 Å². The summed E-state index contributed by atoms with van der Waals surface area (Å²) in [6.45, 7) is 0. The molecular weight excluding hydrogens is 350 g/mol. The summed E-state index contributed by atoms with van der Waals surface area (Å²) in [5, 5.41) is 17.3. The molecule has 0 amide bonds. The largest absolute Gasteiger partial charge is 0.338 e. The first kappa shape index (κ1) is 14.6. The maximum absolute atomic E-state index is 5.30. The summed E-state index contributed by atoms with van der Waals surface area (Å²) in [6.07, 6.45) is 0. The number of aromatic nitrogens is 5. The topological polar surface area (TPSA) is 69.6 Å². The lowest BCUT2D eigenvalue weighted by Gasteiger charge is -2.00. The van der Waals surface area contributed by atoms with Gasteiger partial charge in [-0.15, -0.1) is 32.9 Å². The van der Waals surface area contributed by atoms with E-state index in [-0.39, 0.29) is 0 Å². The Hall–Kier alpha value is -1.97. The van der Waals surface area contributed by atoms with Gasteiger partial charge in [0.15, 0.2) is 11.0 Å². The summed E-state index contributed by atoms with van der Waals surface area (Å²) in [7, 11) is 1.96. The van der Waals surface area contributed by atoms with Crippen LogP contribution in [0.3, 0.4) is 0 Å². The Kier molecular flexibility index (Phi) is 3.98. The Morgan fingerprint density at radius 2 is 1.91 bits per heavy atom. The highest BCUT2D eigenvalue weighted by atomic mass is 32.2. The second kappa shape index (κ2) is 6.26. The molecule has 0 fully saturated rings. The van der Waals surface area contributed by atoms with E-state index in [0.717, 1.165) is 20.7 Å². The fourth-order valence-corrected chi connectivity index (χ4v) is 4.15. The van der Waals surface area contributed by atoms with Crippen LogP contribution in [0.25, 0.3) is 21.4 Å². The lowest BCUT2D eigenvalue weighted by Crippen LogP contribution is -1.94. The molecule has 0 spiro atoms. The molecule has 0 N–H and O–H groups in total. The van der Waals surface area contributed by atoms with Gasteiger partial charge in [-0.3, -0.25) is 0 Å². The zero-order chi connectivity index (χ0) is 15.6. The van der Waals surface area contributed by atoms with E-state index in [1.165, 1.54) is 11.8 Å². The van der Waals surface area contributed by atoms with Crippen LogP contribution in [0.1, 0.15) is 5.89 Å². The first-order valence-corrected chi connectivity index (χ1v) is 9.48. The average Bonchev–Trinajstić information content (AvgIpc) is 3.33. The van der Waals surface area contributed by atoms with Gasteiger partial charge in [-0.2, -0.15) is 4.98 Å². The van der Waals surface area contributed by atoms with Gasteiger partial charge in [0, 0.05) is 7.05 Å². The summed E-state index contributed by atoms with van der Waals surface area (Å²) < 4.78 is 7.28. The molecule has 116 valence electrons. The molecule has 0 aliphatic heterocycles. The van der Waals surface area contributed by atoms with E-state index in [1.54, 1.807) is 22.7 Å². The van der Waals surface area contributed by atoms with Gasteiger partial charge >= 0.3 is 0 Å². The number of rotatable bonds is 5. The molecule has 4 aromatic rings. The molecule has 4 heterocycles. The molecule has 23 heavy (non-hydrogen) atoms. The first-order valence-electron chi connectivity index (χ1n) is 6.74. The summed E-state index contributed by atoms with van der Waals surface area (Å²) in [4.78, 5) is 6.52. The van der Waals surface area contributed by atoms with Gasteiger partial charge in [0.2, 0.25) is 11.7 Å². The predicted octanol–water partition coefficient (Wildman–Crippen LogP) is 3.95. The van der Waals surface area contributed by atoms with E-state index in [0.29, 0.717) is 17.5 Å². The minimum Gasteiger partial charge on any atom is -0.338 e. The standard InChI is InChI=1S/C14H11N5OS3/c1-19-13(10-5-3-7-22-10)16-17-14(19)23-8-11-15-12(18-20-11)9-4-2-6-21-9/h2-7H,8H2,1H3. The summed E-state index contributed by atoms with van der Waals surface area (Å²) in [6, 6.07) is 7.99. The van der Waals surface area contributed by atoms with Gasteiger partial charge in [-0.1, -0.05) is 29.1 Å². The van der Waals surface area contributed by atoms with Crippen LogP contribution in [0.2, 0.25) is 0 Å². The zero-order valence-electron chi connectivity index (χ0n) is 12.0. The Morgan fingerprint density at radius 3 is 2.65 bits per heavy atom. The Labute approximate surface area is 144 Å². The van der Waals surface area contributed by atoms with E-state index in [9.17, 15) is 0 Å². The van der Waals surface area contributed by atoms with Crippen molar-refractivity contribution in [3.63, 3.8) is 0 Å². The van der Waals surface area contributed by atoms with Gasteiger partial charge in [0.05, 0.1) is 15.5 Å². The monoisotopic (exact) mass is 361 g/mol. The van der Waals surface area contributed by atoms with Crippen LogP contribution in [0.5, 0.6) is 0 Å². The fraction of sp³-hybridized carbons (Fsp3) is 0.143. The van der Waals surface area contributed by atoms with Crippen molar-refractivity contribution in [2.24, 2.45) is 7.05 Å². The van der Waals surface area contributed by atoms with Crippen LogP contribution in [0, 0.1) is 0 Å². The minimum atomic E-state index is 0.564. The Bertz CT molecular complexity index is 895. The van der Waals surface area contributed by atoms with Gasteiger partial charge < -0.3 is 9.09 Å². The van der Waals surface area contributed by atoms with Crippen molar-refractivity contribution in [2.75, 3.05) is 0 Å². The molecule has 0 saturated carbocycles. The van der Waals surface area contributed by atoms with Crippen molar-refractivity contribution < 1.29 is 4.52 Å². The maximum Gasteiger partial charge on any atom is 0.237 e. The number of hydrogen-bond acceptors (Lipinski definition) is 8. The molecule has 9 heteroatoms. The van der Waals surface area contributed by atoms with E-state index in [4.69, 9.17) is 4.52 Å². The van der Waals surface area contributed by atoms with Gasteiger partial charge in [0.25, 0.3) is 0 Å². The first-order chi connectivity index (χ1) is 11.3. The summed E-state index contributed by atoms with van der Waals surface area (Å²) in [5.41, 5.74) is 0. The molecule has 0 aromatic carbocycles. The molecule has 0 radical (unpaired) electrons. The van der Waals surface area contributed by atoms with Crippen LogP contribution < -0.4 is 0 Å². The lowest BCUT2D eigenvalue weighted by molar-refractivity contribution is 0.391. The third-order valence-electron chi connectivity index (χ3n) is 3.11. The SMILES string of the molecule is Cn1c(SCc2nc(-c3cccs3)no2)nnc1-c1cccs1. The third kappa shape index (κ3) is 2.94. The third-order valence-corrected chi connectivity index (χ3v) is 5.85. The molecule has 0 unspecified atom stereocenters. The second-order valence-corrected chi connectivity index (χ2v) is 7.46. The summed E-state index contributed by atoms with van der Waals surface area (Å²) in [5.74, 6) is 2.65. The predicted molar refractivity (Wildman–Crippen MR) is 91.5 cm³/mol. The zero-order valence-corrected chi connectivity index (χ0v) is 14.5. The highest BCUT2D eigenvalue weighted by molar-refractivity contribution is 7.98. The molecular formula is C14H11N5OS3. The molecule has 0 atom stereocenters. The molecule has 4 aromatic heterocycles. The number of hydrogen-bond donors (Lipinski definition) is 0. The molecule has 0 aliphatic carbocycles. The summed E-state index contributed by atoms with van der Waals surface area (Å²) >= 11 is 4.77. The second-order valence-electron chi connectivity index (χ2n) is 4.62. The molecule has 4 rings (SSSR count). The van der Waals surface area contributed by atoms with Crippen molar-refractivity contribution in [3.8, 4) is 21.4 Å². The maximum atomic E-state index is 5.30. The van der Waals surface area contributed by atoms with E-state index in [1.807, 2.05) is 46.6 Å². The Morgan fingerprint density at radius 1 is 1.13 bits per heavy atom. The lowest BCUT2D eigenvalue weighted by atomic mass is 10.4. The van der Waals surface area contributed by atoms with Crippen LogP contribution in [-0.2, 0) is 12.8 Å². The highest BCUT2D eigenvalue weighted by Crippen LogP contribution is 2.28. The van der Waals surface area contributed by atoms with Crippen LogP contribution >= 0.6 is 34.4 Å². The number of thioether (sulfide) groups is 1. The molecule has 0 bridgehead atoms. The number of nitrogens with zero attached hydrogens (tertiary/aromatic N) is 5. The number of thiophene rings is 2. The molecule has 0 aliphatic rings. The normalized spacial score (nSPS) is 11.2. The van der Waals surface area contributed by atoms with E-state index >= 15 is 0 Å². The smallest absolute Gasteiger partial charge is 0.237 e. The van der Waals surface area contributed by atoms with Gasteiger partial charge in [-0.05, 0) is 22.9 Å². The Balaban J connectivity index is 1.48. The van der Waals surface area contributed by atoms with Crippen LogP contribution in [0.4, 0.5) is 0 Å². The highest BCUT2D eigenvalue weighted by Gasteiger charge is 2.14. The fourth-order valence-electron chi connectivity index (χ4n) is 2.01. The van der Waals surface area contributed by atoms with Gasteiger partial charge in [-0.25, -0.2) is 0 Å². The van der Waals surface area contributed by atoms with Crippen LogP contribution in [-0.4, -0.2) is 24.9 Å².